The van der Waals surface area contributed by atoms with Gasteiger partial charge in [-0.2, -0.15) is 0 Å². The molecule has 0 aromatic heterocycles. The molecule has 2 aromatic rings. The first-order valence-electron chi connectivity index (χ1n) is 11.0. The van der Waals surface area contributed by atoms with Crippen LogP contribution in [0.5, 0.6) is 0 Å². The number of nitrogens with one attached hydrogen (secondary N) is 2. The Bertz CT molecular complexity index is 1060. The number of halogens is 1. The first-order valence-corrected chi connectivity index (χ1v) is 12.5. The molecule has 1 amide bonds. The summed E-state index contributed by atoms with van der Waals surface area (Å²) in [5.74, 6) is 1.66. The molecule has 7 heteroatoms. The Labute approximate surface area is 182 Å². The Balaban J connectivity index is 1.24. The Morgan fingerprint density at radius 2 is 1.52 bits per heavy atom. The van der Waals surface area contributed by atoms with Gasteiger partial charge < -0.3 is 5.32 Å². The van der Waals surface area contributed by atoms with Crippen LogP contribution in [0.3, 0.4) is 0 Å². The molecule has 4 fully saturated rings. The second kappa shape index (κ2) is 7.62. The van der Waals surface area contributed by atoms with Crippen LogP contribution in [0.1, 0.15) is 48.9 Å². The number of carbonyl (C=O) groups excluding carboxylic acids is 1. The van der Waals surface area contributed by atoms with Crippen LogP contribution in [0.2, 0.25) is 0 Å². The zero-order chi connectivity index (χ0) is 21.6. The first kappa shape index (κ1) is 20.5. The van der Waals surface area contributed by atoms with Crippen LogP contribution in [0, 0.1) is 29.0 Å². The summed E-state index contributed by atoms with van der Waals surface area (Å²) in [5.41, 5.74) is 0.562. The first-order chi connectivity index (χ1) is 14.8. The minimum absolute atomic E-state index is 0.0200. The predicted octanol–water partition coefficient (Wildman–Crippen LogP) is 4.57. The summed E-state index contributed by atoms with van der Waals surface area (Å²) >= 11 is 0. The van der Waals surface area contributed by atoms with Crippen molar-refractivity contribution in [1.82, 2.24) is 5.32 Å². The number of carbonyl (C=O) groups is 1. The van der Waals surface area contributed by atoms with E-state index in [0.29, 0.717) is 12.1 Å². The van der Waals surface area contributed by atoms with E-state index in [1.54, 1.807) is 6.07 Å². The van der Waals surface area contributed by atoms with Gasteiger partial charge in [-0.1, -0.05) is 12.1 Å². The SMILES string of the molecule is O=C(NCC12CC3CC(CC(C3)C1)C2)c1ccc(S(=O)(=O)Nc2ccccc2F)cc1. The van der Waals surface area contributed by atoms with Crippen LogP contribution in [-0.4, -0.2) is 20.9 Å². The number of sulfonamides is 1. The van der Waals surface area contributed by atoms with Crippen LogP contribution < -0.4 is 10.0 Å². The van der Waals surface area contributed by atoms with Gasteiger partial charge in [-0.15, -0.1) is 0 Å². The van der Waals surface area contributed by atoms with Crippen molar-refractivity contribution >= 4 is 21.6 Å². The van der Waals surface area contributed by atoms with Gasteiger partial charge in [0.05, 0.1) is 10.6 Å². The normalized spacial score (nSPS) is 29.0. The summed E-state index contributed by atoms with van der Waals surface area (Å²) in [6.07, 6.45) is 7.76. The summed E-state index contributed by atoms with van der Waals surface area (Å²) in [5, 5.41) is 3.11. The third kappa shape index (κ3) is 4.07. The van der Waals surface area contributed by atoms with Crippen LogP contribution in [0.4, 0.5) is 10.1 Å². The second-order valence-corrected chi connectivity index (χ2v) is 11.4. The Kier molecular flexibility index (Phi) is 5.04. The number of rotatable bonds is 6. The number of anilines is 1. The summed E-state index contributed by atoms with van der Waals surface area (Å²) in [6, 6.07) is 11.4. The molecule has 2 aromatic carbocycles. The van der Waals surface area contributed by atoms with E-state index in [-0.39, 0.29) is 21.9 Å². The molecule has 5 nitrogen and oxygen atoms in total. The van der Waals surface area contributed by atoms with E-state index in [1.807, 2.05) is 0 Å². The van der Waals surface area contributed by atoms with Crippen molar-refractivity contribution in [2.24, 2.45) is 23.2 Å². The van der Waals surface area contributed by atoms with Crippen molar-refractivity contribution in [2.45, 2.75) is 43.4 Å². The number of hydrogen-bond acceptors (Lipinski definition) is 3. The van der Waals surface area contributed by atoms with Crippen molar-refractivity contribution in [3.05, 3.63) is 59.9 Å². The maximum atomic E-state index is 13.8. The molecule has 0 saturated heterocycles. The highest BCUT2D eigenvalue weighted by atomic mass is 32.2. The molecule has 0 heterocycles. The van der Waals surface area contributed by atoms with Gasteiger partial charge >= 0.3 is 0 Å². The molecule has 2 N–H and O–H groups in total. The average Bonchev–Trinajstić information content (AvgIpc) is 2.73. The highest BCUT2D eigenvalue weighted by molar-refractivity contribution is 7.92. The van der Waals surface area contributed by atoms with Crippen molar-refractivity contribution in [1.29, 1.82) is 0 Å². The second-order valence-electron chi connectivity index (χ2n) is 9.71. The molecule has 164 valence electrons. The molecule has 4 bridgehead atoms. The molecule has 0 aliphatic heterocycles. The molecule has 31 heavy (non-hydrogen) atoms. The summed E-state index contributed by atoms with van der Waals surface area (Å²) in [7, 11) is -3.94. The summed E-state index contributed by atoms with van der Waals surface area (Å²) < 4.78 is 41.1. The van der Waals surface area contributed by atoms with E-state index < -0.39 is 15.8 Å². The number of amides is 1. The Morgan fingerprint density at radius 3 is 2.10 bits per heavy atom. The van der Waals surface area contributed by atoms with Crippen LogP contribution in [0.25, 0.3) is 0 Å². The Morgan fingerprint density at radius 1 is 0.935 bits per heavy atom. The lowest BCUT2D eigenvalue weighted by Gasteiger charge is -2.56. The molecule has 0 unspecified atom stereocenters. The van der Waals surface area contributed by atoms with Gasteiger partial charge in [0.15, 0.2) is 0 Å². The monoisotopic (exact) mass is 442 g/mol. The van der Waals surface area contributed by atoms with Gasteiger partial charge in [0, 0.05) is 12.1 Å². The fourth-order valence-corrected chi connectivity index (χ4v) is 7.48. The van der Waals surface area contributed by atoms with Gasteiger partial charge in [0.1, 0.15) is 5.82 Å². The molecular formula is C24H27FN2O3S. The lowest BCUT2D eigenvalue weighted by atomic mass is 9.49. The fourth-order valence-electron chi connectivity index (χ4n) is 6.41. The highest BCUT2D eigenvalue weighted by Gasteiger charge is 2.50. The molecular weight excluding hydrogens is 415 g/mol. The molecule has 6 rings (SSSR count). The number of hydrogen-bond donors (Lipinski definition) is 2. The van der Waals surface area contributed by atoms with Crippen LogP contribution in [0.15, 0.2) is 53.4 Å². The van der Waals surface area contributed by atoms with Gasteiger partial charge in [0.25, 0.3) is 15.9 Å². The van der Waals surface area contributed by atoms with Crippen molar-refractivity contribution in [2.75, 3.05) is 11.3 Å². The predicted molar refractivity (Wildman–Crippen MR) is 117 cm³/mol. The van der Waals surface area contributed by atoms with Crippen molar-refractivity contribution in [3.63, 3.8) is 0 Å². The quantitative estimate of drug-likeness (QED) is 0.688. The van der Waals surface area contributed by atoms with Crippen LogP contribution in [-0.2, 0) is 10.0 Å². The zero-order valence-corrected chi connectivity index (χ0v) is 18.1. The zero-order valence-electron chi connectivity index (χ0n) is 17.3. The molecule has 4 saturated carbocycles. The molecule has 4 aliphatic carbocycles. The third-order valence-electron chi connectivity index (χ3n) is 7.33. The Hall–Kier alpha value is -2.41. The minimum Gasteiger partial charge on any atom is -0.351 e. The smallest absolute Gasteiger partial charge is 0.261 e. The molecule has 0 radical (unpaired) electrons. The van der Waals surface area contributed by atoms with Gasteiger partial charge in [-0.3, -0.25) is 9.52 Å². The van der Waals surface area contributed by atoms with E-state index in [9.17, 15) is 17.6 Å². The summed E-state index contributed by atoms with van der Waals surface area (Å²) in [4.78, 5) is 12.7. The molecule has 0 spiro atoms. The van der Waals surface area contributed by atoms with Crippen molar-refractivity contribution < 1.29 is 17.6 Å². The van der Waals surface area contributed by atoms with E-state index in [0.717, 1.165) is 17.8 Å². The van der Waals surface area contributed by atoms with Gasteiger partial charge in [-0.25, -0.2) is 12.8 Å². The van der Waals surface area contributed by atoms with E-state index in [4.69, 9.17) is 0 Å². The maximum Gasteiger partial charge on any atom is 0.261 e. The maximum absolute atomic E-state index is 13.8. The van der Waals surface area contributed by atoms with E-state index in [1.165, 1.54) is 81.0 Å². The van der Waals surface area contributed by atoms with E-state index >= 15 is 0 Å². The van der Waals surface area contributed by atoms with Gasteiger partial charge in [0.2, 0.25) is 0 Å². The molecule has 0 atom stereocenters. The lowest BCUT2D eigenvalue weighted by Crippen LogP contribution is -2.51. The average molecular weight is 443 g/mol. The van der Waals surface area contributed by atoms with E-state index in [2.05, 4.69) is 10.0 Å². The lowest BCUT2D eigenvalue weighted by molar-refractivity contribution is -0.0503. The molecule has 4 aliphatic rings. The van der Waals surface area contributed by atoms with Gasteiger partial charge in [-0.05, 0) is 98.1 Å². The minimum atomic E-state index is -3.94. The summed E-state index contributed by atoms with van der Waals surface area (Å²) in [6.45, 7) is 0.699. The largest absolute Gasteiger partial charge is 0.351 e. The van der Waals surface area contributed by atoms with Crippen molar-refractivity contribution in [3.8, 4) is 0 Å². The number of benzene rings is 2. The standard InChI is InChI=1S/C24H27FN2O3S/c25-21-3-1-2-4-22(21)27-31(29,30)20-7-5-19(6-8-20)23(28)26-15-24-12-16-9-17(13-24)11-18(10-16)14-24/h1-8,16-18,27H,9-15H2,(H,26,28). The highest BCUT2D eigenvalue weighted by Crippen LogP contribution is 2.59. The fraction of sp³-hybridized carbons (Fsp3) is 0.458. The topological polar surface area (TPSA) is 75.3 Å². The number of para-hydroxylation sites is 1. The van der Waals surface area contributed by atoms with Crippen LogP contribution >= 0.6 is 0 Å². The third-order valence-corrected chi connectivity index (χ3v) is 8.72.